The first-order valence-electron chi connectivity index (χ1n) is 10.00. The standard InChI is InChI=1S/C23H24N2O4/c26-22(19-12-13-20(25-23(19)27)21-7-4-14-28-21)24-15-16-8-10-18(11-9-16)29-17-5-2-1-3-6-17/h4,7-14,17H,1-3,5-6,15H2,(H,24,26)(H,25,27). The lowest BCUT2D eigenvalue weighted by atomic mass is 9.98. The Bertz CT molecular complexity index is 1000. The van der Waals surface area contributed by atoms with Crippen LogP contribution < -0.4 is 15.6 Å². The second-order valence-corrected chi connectivity index (χ2v) is 7.30. The second kappa shape index (κ2) is 8.82. The molecule has 0 aliphatic heterocycles. The van der Waals surface area contributed by atoms with Gasteiger partial charge >= 0.3 is 0 Å². The van der Waals surface area contributed by atoms with Crippen LogP contribution >= 0.6 is 0 Å². The molecule has 2 aromatic heterocycles. The van der Waals surface area contributed by atoms with Crippen molar-refractivity contribution in [2.24, 2.45) is 0 Å². The summed E-state index contributed by atoms with van der Waals surface area (Å²) in [6.45, 7) is 0.335. The summed E-state index contributed by atoms with van der Waals surface area (Å²) in [5.74, 6) is 0.987. The van der Waals surface area contributed by atoms with Crippen molar-refractivity contribution in [1.29, 1.82) is 0 Å². The number of amides is 1. The Balaban J connectivity index is 1.34. The van der Waals surface area contributed by atoms with E-state index in [1.54, 1.807) is 18.2 Å². The van der Waals surface area contributed by atoms with Gasteiger partial charge in [0.1, 0.15) is 17.1 Å². The molecule has 0 spiro atoms. The monoisotopic (exact) mass is 392 g/mol. The summed E-state index contributed by atoms with van der Waals surface area (Å²) < 4.78 is 11.3. The van der Waals surface area contributed by atoms with Gasteiger partial charge in [0.2, 0.25) is 0 Å². The maximum absolute atomic E-state index is 12.4. The van der Waals surface area contributed by atoms with Crippen molar-refractivity contribution in [3.05, 3.63) is 76.3 Å². The second-order valence-electron chi connectivity index (χ2n) is 7.30. The van der Waals surface area contributed by atoms with E-state index in [2.05, 4.69) is 10.3 Å². The van der Waals surface area contributed by atoms with E-state index in [4.69, 9.17) is 9.15 Å². The topological polar surface area (TPSA) is 84.3 Å². The van der Waals surface area contributed by atoms with Gasteiger partial charge in [-0.2, -0.15) is 0 Å². The molecular weight excluding hydrogens is 368 g/mol. The molecule has 0 saturated heterocycles. The number of ether oxygens (including phenoxy) is 1. The summed E-state index contributed by atoms with van der Waals surface area (Å²) in [5.41, 5.74) is 1.09. The van der Waals surface area contributed by atoms with Gasteiger partial charge < -0.3 is 19.5 Å². The van der Waals surface area contributed by atoms with Gasteiger partial charge in [0.15, 0.2) is 0 Å². The Kier molecular flexibility index (Phi) is 5.79. The van der Waals surface area contributed by atoms with Crippen LogP contribution in [0.2, 0.25) is 0 Å². The van der Waals surface area contributed by atoms with Crippen LogP contribution in [0.3, 0.4) is 0 Å². The highest BCUT2D eigenvalue weighted by Crippen LogP contribution is 2.23. The molecular formula is C23H24N2O4. The third-order valence-corrected chi connectivity index (χ3v) is 5.17. The highest BCUT2D eigenvalue weighted by Gasteiger charge is 2.15. The van der Waals surface area contributed by atoms with Crippen LogP contribution in [0.4, 0.5) is 0 Å². The van der Waals surface area contributed by atoms with E-state index in [0.29, 0.717) is 24.1 Å². The molecule has 1 aromatic carbocycles. The van der Waals surface area contributed by atoms with Crippen molar-refractivity contribution in [2.45, 2.75) is 44.8 Å². The number of pyridine rings is 1. The molecule has 1 amide bonds. The number of carbonyl (C=O) groups is 1. The zero-order valence-corrected chi connectivity index (χ0v) is 16.1. The van der Waals surface area contributed by atoms with Crippen molar-refractivity contribution < 1.29 is 13.9 Å². The smallest absolute Gasteiger partial charge is 0.261 e. The molecule has 0 bridgehead atoms. The highest BCUT2D eigenvalue weighted by molar-refractivity contribution is 5.94. The molecule has 1 saturated carbocycles. The molecule has 2 heterocycles. The first kappa shape index (κ1) is 19.1. The fourth-order valence-corrected chi connectivity index (χ4v) is 3.57. The molecule has 4 rings (SSSR count). The minimum absolute atomic E-state index is 0.0672. The van der Waals surface area contributed by atoms with Crippen LogP contribution in [-0.2, 0) is 6.54 Å². The Hall–Kier alpha value is -3.28. The molecule has 1 aliphatic rings. The predicted molar refractivity (Wildman–Crippen MR) is 110 cm³/mol. The van der Waals surface area contributed by atoms with Gasteiger partial charge in [-0.25, -0.2) is 0 Å². The third kappa shape index (κ3) is 4.77. The minimum atomic E-state index is -0.451. The van der Waals surface area contributed by atoms with Gasteiger partial charge in [-0.15, -0.1) is 0 Å². The molecule has 29 heavy (non-hydrogen) atoms. The van der Waals surface area contributed by atoms with E-state index in [-0.39, 0.29) is 5.56 Å². The SMILES string of the molecule is O=C(NCc1ccc(OC2CCCCC2)cc1)c1ccc(-c2ccco2)[nH]c1=O. The van der Waals surface area contributed by atoms with Crippen molar-refractivity contribution in [3.63, 3.8) is 0 Å². The van der Waals surface area contributed by atoms with Crippen LogP contribution in [0.5, 0.6) is 5.75 Å². The number of aromatic nitrogens is 1. The first-order valence-corrected chi connectivity index (χ1v) is 10.00. The van der Waals surface area contributed by atoms with Crippen molar-refractivity contribution in [3.8, 4) is 17.2 Å². The number of hydrogen-bond donors (Lipinski definition) is 2. The van der Waals surface area contributed by atoms with Crippen LogP contribution in [-0.4, -0.2) is 17.0 Å². The zero-order chi connectivity index (χ0) is 20.1. The Labute approximate surface area is 168 Å². The molecule has 2 N–H and O–H groups in total. The van der Waals surface area contributed by atoms with E-state index in [1.165, 1.54) is 31.6 Å². The Morgan fingerprint density at radius 2 is 1.86 bits per heavy atom. The van der Waals surface area contributed by atoms with Gasteiger partial charge in [0, 0.05) is 6.54 Å². The Morgan fingerprint density at radius 3 is 2.55 bits per heavy atom. The van der Waals surface area contributed by atoms with E-state index >= 15 is 0 Å². The Morgan fingerprint density at radius 1 is 1.07 bits per heavy atom. The van der Waals surface area contributed by atoms with E-state index in [1.807, 2.05) is 24.3 Å². The number of H-pyrrole nitrogens is 1. The number of rotatable bonds is 6. The molecule has 6 heteroatoms. The molecule has 6 nitrogen and oxygen atoms in total. The third-order valence-electron chi connectivity index (χ3n) is 5.17. The van der Waals surface area contributed by atoms with Crippen LogP contribution in [0.15, 0.2) is 64.0 Å². The van der Waals surface area contributed by atoms with Gasteiger partial charge in [-0.05, 0) is 67.6 Å². The van der Waals surface area contributed by atoms with Gasteiger partial charge in [-0.1, -0.05) is 18.6 Å². The molecule has 0 radical (unpaired) electrons. The van der Waals surface area contributed by atoms with Gasteiger partial charge in [0.05, 0.1) is 18.1 Å². The lowest BCUT2D eigenvalue weighted by Crippen LogP contribution is -2.29. The number of benzene rings is 1. The largest absolute Gasteiger partial charge is 0.490 e. The summed E-state index contributed by atoms with van der Waals surface area (Å²) in [4.78, 5) is 27.3. The summed E-state index contributed by atoms with van der Waals surface area (Å²) in [6, 6.07) is 14.4. The summed E-state index contributed by atoms with van der Waals surface area (Å²) in [6.07, 6.45) is 7.83. The number of carbonyl (C=O) groups excluding carboxylic acids is 1. The summed E-state index contributed by atoms with van der Waals surface area (Å²) >= 11 is 0. The normalized spacial score (nSPS) is 14.5. The molecule has 1 fully saturated rings. The number of furan rings is 1. The minimum Gasteiger partial charge on any atom is -0.490 e. The number of nitrogens with one attached hydrogen (secondary N) is 2. The van der Waals surface area contributed by atoms with Crippen molar-refractivity contribution >= 4 is 5.91 Å². The highest BCUT2D eigenvalue weighted by atomic mass is 16.5. The molecule has 150 valence electrons. The molecule has 0 atom stereocenters. The number of hydrogen-bond acceptors (Lipinski definition) is 4. The first-order chi connectivity index (χ1) is 14.2. The van der Waals surface area contributed by atoms with Gasteiger partial charge in [0.25, 0.3) is 11.5 Å². The quantitative estimate of drug-likeness (QED) is 0.656. The van der Waals surface area contributed by atoms with Crippen molar-refractivity contribution in [1.82, 2.24) is 10.3 Å². The summed E-state index contributed by atoms with van der Waals surface area (Å²) in [7, 11) is 0. The average Bonchev–Trinajstić information content (AvgIpc) is 3.29. The van der Waals surface area contributed by atoms with Crippen LogP contribution in [0.25, 0.3) is 11.5 Å². The maximum atomic E-state index is 12.4. The lowest BCUT2D eigenvalue weighted by Gasteiger charge is -2.23. The van der Waals surface area contributed by atoms with Crippen LogP contribution in [0, 0.1) is 0 Å². The van der Waals surface area contributed by atoms with E-state index < -0.39 is 11.5 Å². The molecule has 3 aromatic rings. The van der Waals surface area contributed by atoms with Gasteiger partial charge in [-0.3, -0.25) is 9.59 Å². The molecule has 0 unspecified atom stereocenters. The van der Waals surface area contributed by atoms with Crippen molar-refractivity contribution in [2.75, 3.05) is 0 Å². The van der Waals surface area contributed by atoms with E-state index in [0.717, 1.165) is 24.2 Å². The van der Waals surface area contributed by atoms with E-state index in [9.17, 15) is 9.59 Å². The fourth-order valence-electron chi connectivity index (χ4n) is 3.57. The number of aromatic amines is 1. The predicted octanol–water partition coefficient (Wildman–Crippen LogP) is 4.28. The molecule has 1 aliphatic carbocycles. The van der Waals surface area contributed by atoms with Crippen LogP contribution in [0.1, 0.15) is 48.0 Å². The maximum Gasteiger partial charge on any atom is 0.261 e. The lowest BCUT2D eigenvalue weighted by molar-refractivity contribution is 0.0949. The zero-order valence-electron chi connectivity index (χ0n) is 16.1. The fraction of sp³-hybridized carbons (Fsp3) is 0.304. The average molecular weight is 392 g/mol. The summed E-state index contributed by atoms with van der Waals surface area (Å²) in [5, 5.41) is 2.79.